The summed E-state index contributed by atoms with van der Waals surface area (Å²) >= 11 is 0. The molecule has 3 saturated carbocycles. The number of nitrogens with one attached hydrogen (secondary N) is 1. The molecule has 1 N–H and O–H groups in total. The molecule has 0 aliphatic heterocycles. The molecule has 2 nitrogen and oxygen atoms in total. The standard InChI is InChI=1S/C24H28FNO/c1-15-9-19(25)12-21(24(15)27-14-16-5-3-2-4-6-16)20-13-23(20)26-22-11-17-7-8-18(22)10-17/h2-6,9,12,17-18,20,22-23,26H,7-8,10-11,13-14H2,1H3. The van der Waals surface area contributed by atoms with Crippen molar-refractivity contribution in [3.05, 3.63) is 65.0 Å². The highest BCUT2D eigenvalue weighted by atomic mass is 19.1. The molecule has 3 fully saturated rings. The molecular formula is C24H28FNO. The molecule has 142 valence electrons. The minimum atomic E-state index is -0.153. The largest absolute Gasteiger partial charge is 0.488 e. The van der Waals surface area contributed by atoms with Gasteiger partial charge in [0, 0.05) is 23.6 Å². The molecule has 0 saturated heterocycles. The number of rotatable bonds is 6. The molecule has 5 rings (SSSR count). The third kappa shape index (κ3) is 3.50. The Hall–Kier alpha value is -1.87. The highest BCUT2D eigenvalue weighted by Crippen LogP contribution is 2.50. The lowest BCUT2D eigenvalue weighted by Crippen LogP contribution is -2.36. The monoisotopic (exact) mass is 365 g/mol. The Labute approximate surface area is 161 Å². The van der Waals surface area contributed by atoms with Gasteiger partial charge in [-0.25, -0.2) is 4.39 Å². The fourth-order valence-electron chi connectivity index (χ4n) is 5.40. The summed E-state index contributed by atoms with van der Waals surface area (Å²) in [6.07, 6.45) is 6.67. The molecule has 3 aliphatic carbocycles. The molecule has 5 atom stereocenters. The van der Waals surface area contributed by atoms with Crippen molar-refractivity contribution in [3.8, 4) is 5.75 Å². The highest BCUT2D eigenvalue weighted by Gasteiger charge is 2.46. The van der Waals surface area contributed by atoms with Crippen LogP contribution in [0.3, 0.4) is 0 Å². The second kappa shape index (κ2) is 6.94. The van der Waals surface area contributed by atoms with Gasteiger partial charge in [0.1, 0.15) is 18.2 Å². The molecule has 0 radical (unpaired) electrons. The Morgan fingerprint density at radius 2 is 1.89 bits per heavy atom. The lowest BCUT2D eigenvalue weighted by molar-refractivity contribution is 0.299. The molecule has 2 aromatic carbocycles. The van der Waals surface area contributed by atoms with E-state index in [4.69, 9.17) is 4.74 Å². The summed E-state index contributed by atoms with van der Waals surface area (Å²) < 4.78 is 20.3. The maximum Gasteiger partial charge on any atom is 0.126 e. The van der Waals surface area contributed by atoms with E-state index < -0.39 is 0 Å². The van der Waals surface area contributed by atoms with Crippen LogP contribution in [-0.2, 0) is 6.61 Å². The number of ether oxygens (including phenoxy) is 1. The molecule has 0 amide bonds. The van der Waals surface area contributed by atoms with Crippen molar-refractivity contribution in [2.45, 2.75) is 63.6 Å². The van der Waals surface area contributed by atoms with Crippen LogP contribution in [0.4, 0.5) is 4.39 Å². The number of hydrogen-bond donors (Lipinski definition) is 1. The van der Waals surface area contributed by atoms with E-state index >= 15 is 0 Å². The first-order valence-electron chi connectivity index (χ1n) is 10.4. The van der Waals surface area contributed by atoms with Crippen molar-refractivity contribution in [1.82, 2.24) is 5.32 Å². The van der Waals surface area contributed by atoms with Crippen molar-refractivity contribution < 1.29 is 9.13 Å². The third-order valence-electron chi connectivity index (χ3n) is 6.85. The van der Waals surface area contributed by atoms with Crippen molar-refractivity contribution in [2.75, 3.05) is 0 Å². The van der Waals surface area contributed by atoms with Crippen LogP contribution in [0.1, 0.15) is 54.7 Å². The quantitative estimate of drug-likeness (QED) is 0.745. The van der Waals surface area contributed by atoms with Crippen LogP contribution in [0.25, 0.3) is 0 Å². The predicted octanol–water partition coefficient (Wildman–Crippen LogP) is 5.35. The zero-order chi connectivity index (χ0) is 18.4. The fraction of sp³-hybridized carbons (Fsp3) is 0.500. The Morgan fingerprint density at radius 3 is 2.63 bits per heavy atom. The van der Waals surface area contributed by atoms with Gasteiger partial charge in [0.2, 0.25) is 0 Å². The van der Waals surface area contributed by atoms with Crippen LogP contribution in [0.15, 0.2) is 42.5 Å². The van der Waals surface area contributed by atoms with E-state index in [0.717, 1.165) is 40.7 Å². The minimum absolute atomic E-state index is 0.153. The molecule has 0 spiro atoms. The lowest BCUT2D eigenvalue weighted by atomic mass is 9.95. The summed E-state index contributed by atoms with van der Waals surface area (Å²) in [4.78, 5) is 0. The minimum Gasteiger partial charge on any atom is -0.488 e. The van der Waals surface area contributed by atoms with Crippen LogP contribution < -0.4 is 10.1 Å². The summed E-state index contributed by atoms with van der Waals surface area (Å²) in [5.74, 6) is 2.93. The summed E-state index contributed by atoms with van der Waals surface area (Å²) in [6.45, 7) is 2.48. The Balaban J connectivity index is 1.30. The van der Waals surface area contributed by atoms with Gasteiger partial charge < -0.3 is 10.1 Å². The van der Waals surface area contributed by atoms with Crippen molar-refractivity contribution >= 4 is 0 Å². The van der Waals surface area contributed by atoms with Crippen molar-refractivity contribution in [1.29, 1.82) is 0 Å². The van der Waals surface area contributed by atoms with E-state index in [1.807, 2.05) is 25.1 Å². The fourth-order valence-corrected chi connectivity index (χ4v) is 5.40. The Bertz CT molecular complexity index is 821. The van der Waals surface area contributed by atoms with Gasteiger partial charge in [-0.15, -0.1) is 0 Å². The number of aryl methyl sites for hydroxylation is 1. The molecule has 3 heteroatoms. The van der Waals surface area contributed by atoms with Gasteiger partial charge in [-0.2, -0.15) is 0 Å². The van der Waals surface area contributed by atoms with Gasteiger partial charge >= 0.3 is 0 Å². The second-order valence-electron chi connectivity index (χ2n) is 8.81. The SMILES string of the molecule is Cc1cc(F)cc(C2CC2NC2CC3CCC2C3)c1OCc1ccccc1. The number of fused-ring (bicyclic) bond motifs is 2. The topological polar surface area (TPSA) is 21.3 Å². The predicted molar refractivity (Wildman–Crippen MR) is 105 cm³/mol. The van der Waals surface area contributed by atoms with E-state index in [2.05, 4.69) is 17.4 Å². The molecule has 27 heavy (non-hydrogen) atoms. The van der Waals surface area contributed by atoms with Crippen LogP contribution in [0, 0.1) is 24.6 Å². The molecule has 5 unspecified atom stereocenters. The van der Waals surface area contributed by atoms with Gasteiger partial charge in [0.05, 0.1) is 0 Å². The summed E-state index contributed by atoms with van der Waals surface area (Å²) in [5, 5.41) is 3.89. The van der Waals surface area contributed by atoms with E-state index in [1.54, 1.807) is 12.1 Å². The van der Waals surface area contributed by atoms with Gasteiger partial charge in [0.25, 0.3) is 0 Å². The molecule has 2 aromatic rings. The Kier molecular flexibility index (Phi) is 4.43. The van der Waals surface area contributed by atoms with E-state index in [1.165, 1.54) is 25.7 Å². The second-order valence-corrected chi connectivity index (χ2v) is 8.81. The molecular weight excluding hydrogens is 337 g/mol. The zero-order valence-corrected chi connectivity index (χ0v) is 16.0. The van der Waals surface area contributed by atoms with E-state index in [0.29, 0.717) is 24.6 Å². The normalized spacial score (nSPS) is 31.3. The van der Waals surface area contributed by atoms with Crippen LogP contribution in [-0.4, -0.2) is 12.1 Å². The number of benzene rings is 2. The van der Waals surface area contributed by atoms with Crippen LogP contribution >= 0.6 is 0 Å². The third-order valence-corrected chi connectivity index (χ3v) is 6.85. The van der Waals surface area contributed by atoms with E-state index in [9.17, 15) is 4.39 Å². The van der Waals surface area contributed by atoms with Gasteiger partial charge in [0.15, 0.2) is 0 Å². The first-order chi connectivity index (χ1) is 13.2. The van der Waals surface area contributed by atoms with Gasteiger partial charge in [-0.05, 0) is 67.7 Å². The van der Waals surface area contributed by atoms with Gasteiger partial charge in [-0.1, -0.05) is 36.8 Å². The zero-order valence-electron chi connectivity index (χ0n) is 16.0. The smallest absolute Gasteiger partial charge is 0.126 e. The average molecular weight is 365 g/mol. The number of hydrogen-bond acceptors (Lipinski definition) is 2. The summed E-state index contributed by atoms with van der Waals surface area (Å²) in [5.41, 5.74) is 3.08. The number of halogens is 1. The first-order valence-corrected chi connectivity index (χ1v) is 10.4. The summed E-state index contributed by atoms with van der Waals surface area (Å²) in [7, 11) is 0. The molecule has 3 aliphatic rings. The van der Waals surface area contributed by atoms with Crippen LogP contribution in [0.5, 0.6) is 5.75 Å². The van der Waals surface area contributed by atoms with Crippen LogP contribution in [0.2, 0.25) is 0 Å². The van der Waals surface area contributed by atoms with Crippen molar-refractivity contribution in [3.63, 3.8) is 0 Å². The van der Waals surface area contributed by atoms with E-state index in [-0.39, 0.29) is 5.82 Å². The maximum absolute atomic E-state index is 14.1. The Morgan fingerprint density at radius 1 is 1.04 bits per heavy atom. The maximum atomic E-state index is 14.1. The average Bonchev–Trinajstić information content (AvgIpc) is 3.09. The molecule has 0 aromatic heterocycles. The highest BCUT2D eigenvalue weighted by molar-refractivity contribution is 5.47. The molecule has 0 heterocycles. The summed E-state index contributed by atoms with van der Waals surface area (Å²) in [6, 6.07) is 14.6. The molecule has 2 bridgehead atoms. The lowest BCUT2D eigenvalue weighted by Gasteiger charge is -2.23. The van der Waals surface area contributed by atoms with Crippen molar-refractivity contribution in [2.24, 2.45) is 11.8 Å². The first kappa shape index (κ1) is 17.2. The van der Waals surface area contributed by atoms with Gasteiger partial charge in [-0.3, -0.25) is 0 Å².